The van der Waals surface area contributed by atoms with Gasteiger partial charge in [-0.1, -0.05) is 6.92 Å². The van der Waals surface area contributed by atoms with E-state index < -0.39 is 0 Å². The van der Waals surface area contributed by atoms with Gasteiger partial charge in [-0.05, 0) is 46.1 Å². The highest BCUT2D eigenvalue weighted by atomic mass is 16.6. The van der Waals surface area contributed by atoms with Gasteiger partial charge in [-0.15, -0.1) is 0 Å². The second-order valence-corrected chi connectivity index (χ2v) is 4.88. The molecule has 17 heavy (non-hydrogen) atoms. The van der Waals surface area contributed by atoms with Crippen molar-refractivity contribution in [3.8, 4) is 0 Å². The molecule has 1 aliphatic rings. The zero-order chi connectivity index (χ0) is 12.7. The van der Waals surface area contributed by atoms with Crippen LogP contribution in [0.5, 0.6) is 0 Å². The molecule has 0 aromatic rings. The predicted octanol–water partition coefficient (Wildman–Crippen LogP) is 1.88. The summed E-state index contributed by atoms with van der Waals surface area (Å²) in [4.78, 5) is 11.3. The minimum Gasteiger partial charge on any atom is -0.461 e. The zero-order valence-electron chi connectivity index (χ0n) is 11.2. The van der Waals surface area contributed by atoms with Crippen molar-refractivity contribution in [3.63, 3.8) is 0 Å². The maximum Gasteiger partial charge on any atom is 0.332 e. The first-order valence-electron chi connectivity index (χ1n) is 6.66. The number of esters is 1. The van der Waals surface area contributed by atoms with Gasteiger partial charge in [-0.2, -0.15) is 0 Å². The molecule has 0 heterocycles. The van der Waals surface area contributed by atoms with Gasteiger partial charge in [0, 0.05) is 6.04 Å². The summed E-state index contributed by atoms with van der Waals surface area (Å²) in [6.45, 7) is 6.94. The van der Waals surface area contributed by atoms with E-state index in [4.69, 9.17) is 9.47 Å². The molecule has 0 aromatic heterocycles. The quantitative estimate of drug-likeness (QED) is 0.724. The minimum absolute atomic E-state index is 0.0596. The van der Waals surface area contributed by atoms with Crippen LogP contribution in [0.1, 0.15) is 46.5 Å². The lowest BCUT2D eigenvalue weighted by Gasteiger charge is -2.28. The van der Waals surface area contributed by atoms with Crippen LogP contribution in [0, 0.1) is 0 Å². The van der Waals surface area contributed by atoms with E-state index in [1.165, 1.54) is 0 Å². The Morgan fingerprint density at radius 2 is 1.94 bits per heavy atom. The van der Waals surface area contributed by atoms with Crippen LogP contribution in [-0.2, 0) is 14.3 Å². The number of ether oxygens (including phenoxy) is 2. The molecular formula is C13H25NO3. The third kappa shape index (κ3) is 6.03. The second kappa shape index (κ2) is 7.67. The van der Waals surface area contributed by atoms with Crippen molar-refractivity contribution in [2.75, 3.05) is 13.2 Å². The van der Waals surface area contributed by atoms with Crippen molar-refractivity contribution < 1.29 is 14.3 Å². The van der Waals surface area contributed by atoms with Gasteiger partial charge < -0.3 is 14.8 Å². The topological polar surface area (TPSA) is 47.6 Å². The monoisotopic (exact) mass is 243 g/mol. The van der Waals surface area contributed by atoms with E-state index in [2.05, 4.69) is 12.2 Å². The van der Waals surface area contributed by atoms with Crippen LogP contribution in [-0.4, -0.2) is 37.4 Å². The molecule has 0 bridgehead atoms. The Hall–Kier alpha value is -0.610. The Labute approximate surface area is 104 Å². The van der Waals surface area contributed by atoms with E-state index in [1.807, 2.05) is 13.8 Å². The van der Waals surface area contributed by atoms with Gasteiger partial charge >= 0.3 is 5.97 Å². The predicted molar refractivity (Wildman–Crippen MR) is 66.9 cm³/mol. The van der Waals surface area contributed by atoms with Crippen LogP contribution in [0.2, 0.25) is 0 Å². The standard InChI is InChI=1S/C13H25NO3/c1-4-14-11-5-7-12(8-6-11)16-9-13(15)17-10(2)3/h10-12,14H,4-9H2,1-3H3. The second-order valence-electron chi connectivity index (χ2n) is 4.88. The molecule has 0 atom stereocenters. The van der Waals surface area contributed by atoms with E-state index in [0.29, 0.717) is 6.04 Å². The van der Waals surface area contributed by atoms with Crippen molar-refractivity contribution in [2.45, 2.75) is 64.7 Å². The molecule has 0 saturated heterocycles. The van der Waals surface area contributed by atoms with Crippen molar-refractivity contribution in [1.29, 1.82) is 0 Å². The lowest BCUT2D eigenvalue weighted by Crippen LogP contribution is -2.35. The van der Waals surface area contributed by atoms with Gasteiger partial charge in [-0.3, -0.25) is 0 Å². The molecular weight excluding hydrogens is 218 g/mol. The molecule has 0 radical (unpaired) electrons. The first-order chi connectivity index (χ1) is 8.11. The molecule has 0 amide bonds. The number of hydrogen-bond donors (Lipinski definition) is 1. The molecule has 4 heteroatoms. The van der Waals surface area contributed by atoms with Crippen molar-refractivity contribution >= 4 is 5.97 Å². The Balaban J connectivity index is 2.11. The lowest BCUT2D eigenvalue weighted by molar-refractivity contribution is -0.155. The zero-order valence-corrected chi connectivity index (χ0v) is 11.2. The highest BCUT2D eigenvalue weighted by Gasteiger charge is 2.21. The van der Waals surface area contributed by atoms with E-state index >= 15 is 0 Å². The maximum absolute atomic E-state index is 11.3. The summed E-state index contributed by atoms with van der Waals surface area (Å²) in [5.41, 5.74) is 0. The van der Waals surface area contributed by atoms with Crippen molar-refractivity contribution in [1.82, 2.24) is 5.32 Å². The first-order valence-corrected chi connectivity index (χ1v) is 6.66. The normalized spacial score (nSPS) is 24.9. The van der Waals surface area contributed by atoms with Gasteiger partial charge in [0.05, 0.1) is 12.2 Å². The third-order valence-electron chi connectivity index (χ3n) is 2.97. The van der Waals surface area contributed by atoms with Crippen LogP contribution >= 0.6 is 0 Å². The smallest absolute Gasteiger partial charge is 0.332 e. The maximum atomic E-state index is 11.3. The van der Waals surface area contributed by atoms with Crippen molar-refractivity contribution in [3.05, 3.63) is 0 Å². The summed E-state index contributed by atoms with van der Waals surface area (Å²) in [7, 11) is 0. The lowest BCUT2D eigenvalue weighted by atomic mass is 9.93. The van der Waals surface area contributed by atoms with Gasteiger partial charge in [-0.25, -0.2) is 4.79 Å². The summed E-state index contributed by atoms with van der Waals surface area (Å²) < 4.78 is 10.6. The molecule has 0 unspecified atom stereocenters. The number of nitrogens with one attached hydrogen (secondary N) is 1. The molecule has 0 aromatic carbocycles. The van der Waals surface area contributed by atoms with E-state index in [9.17, 15) is 4.79 Å². The molecule has 0 aliphatic heterocycles. The summed E-state index contributed by atoms with van der Waals surface area (Å²) in [6.07, 6.45) is 4.51. The molecule has 1 rings (SSSR count). The van der Waals surface area contributed by atoms with Crippen molar-refractivity contribution in [2.24, 2.45) is 0 Å². The molecule has 4 nitrogen and oxygen atoms in total. The highest BCUT2D eigenvalue weighted by molar-refractivity contribution is 5.70. The number of rotatable bonds is 6. The average molecular weight is 243 g/mol. The molecule has 1 aliphatic carbocycles. The average Bonchev–Trinajstić information content (AvgIpc) is 2.28. The van der Waals surface area contributed by atoms with Crippen LogP contribution in [0.3, 0.4) is 0 Å². The van der Waals surface area contributed by atoms with Gasteiger partial charge in [0.25, 0.3) is 0 Å². The molecule has 1 fully saturated rings. The summed E-state index contributed by atoms with van der Waals surface area (Å²) in [5.74, 6) is -0.256. The van der Waals surface area contributed by atoms with E-state index in [0.717, 1.165) is 32.2 Å². The fraction of sp³-hybridized carbons (Fsp3) is 0.923. The fourth-order valence-electron chi connectivity index (χ4n) is 2.21. The van der Waals surface area contributed by atoms with Crippen LogP contribution < -0.4 is 5.32 Å². The fourth-order valence-corrected chi connectivity index (χ4v) is 2.21. The van der Waals surface area contributed by atoms with Crippen LogP contribution in [0.4, 0.5) is 0 Å². The Bertz CT molecular complexity index is 223. The van der Waals surface area contributed by atoms with Gasteiger partial charge in [0.2, 0.25) is 0 Å². The molecule has 100 valence electrons. The van der Waals surface area contributed by atoms with Crippen LogP contribution in [0.25, 0.3) is 0 Å². The molecule has 1 saturated carbocycles. The first kappa shape index (κ1) is 14.5. The number of hydrogen-bond acceptors (Lipinski definition) is 4. The summed E-state index contributed by atoms with van der Waals surface area (Å²) in [6, 6.07) is 0.627. The Morgan fingerprint density at radius 1 is 1.29 bits per heavy atom. The van der Waals surface area contributed by atoms with Gasteiger partial charge in [0.1, 0.15) is 6.61 Å². The SMILES string of the molecule is CCNC1CCC(OCC(=O)OC(C)C)CC1. The highest BCUT2D eigenvalue weighted by Crippen LogP contribution is 2.21. The van der Waals surface area contributed by atoms with Crippen LogP contribution in [0.15, 0.2) is 0 Å². The van der Waals surface area contributed by atoms with E-state index in [-0.39, 0.29) is 24.8 Å². The Morgan fingerprint density at radius 3 is 2.47 bits per heavy atom. The summed E-state index contributed by atoms with van der Waals surface area (Å²) >= 11 is 0. The molecule has 1 N–H and O–H groups in total. The molecule has 0 spiro atoms. The largest absolute Gasteiger partial charge is 0.461 e. The number of carbonyl (C=O) groups is 1. The Kier molecular flexibility index (Phi) is 6.52. The summed E-state index contributed by atoms with van der Waals surface area (Å²) in [5, 5.41) is 3.45. The van der Waals surface area contributed by atoms with E-state index in [1.54, 1.807) is 0 Å². The van der Waals surface area contributed by atoms with Gasteiger partial charge in [0.15, 0.2) is 0 Å². The minimum atomic E-state index is -0.256. The number of carbonyl (C=O) groups excluding carboxylic acids is 1. The third-order valence-corrected chi connectivity index (χ3v) is 2.97.